The second-order valence-corrected chi connectivity index (χ2v) is 8.48. The SMILES string of the molecule is O=C(CN(Cc1ccc(C(=O)NC2CC2)cc1)C1CC1)Nc1ccc(Cl)cc1[N+](=O)[O-]. The molecule has 9 heteroatoms. The van der Waals surface area contributed by atoms with E-state index in [-0.39, 0.29) is 34.8 Å². The number of carbonyl (C=O) groups is 2. The molecule has 0 aromatic heterocycles. The molecule has 2 fully saturated rings. The van der Waals surface area contributed by atoms with Crippen LogP contribution in [0.25, 0.3) is 0 Å². The Morgan fingerprint density at radius 3 is 2.42 bits per heavy atom. The molecule has 2 aliphatic carbocycles. The van der Waals surface area contributed by atoms with Crippen molar-refractivity contribution < 1.29 is 14.5 Å². The molecule has 31 heavy (non-hydrogen) atoms. The number of amides is 2. The lowest BCUT2D eigenvalue weighted by atomic mass is 10.1. The van der Waals surface area contributed by atoms with E-state index in [2.05, 4.69) is 15.5 Å². The summed E-state index contributed by atoms with van der Waals surface area (Å²) in [5, 5.41) is 17.1. The Hall–Kier alpha value is -2.97. The van der Waals surface area contributed by atoms with Crippen LogP contribution in [0.4, 0.5) is 11.4 Å². The molecule has 162 valence electrons. The van der Waals surface area contributed by atoms with Gasteiger partial charge in [0.05, 0.1) is 11.5 Å². The lowest BCUT2D eigenvalue weighted by Gasteiger charge is -2.21. The number of rotatable bonds is 9. The monoisotopic (exact) mass is 442 g/mol. The third-order valence-electron chi connectivity index (χ3n) is 5.35. The van der Waals surface area contributed by atoms with Gasteiger partial charge in [0.15, 0.2) is 0 Å². The number of hydrogen-bond acceptors (Lipinski definition) is 5. The summed E-state index contributed by atoms with van der Waals surface area (Å²) < 4.78 is 0. The van der Waals surface area contributed by atoms with Crippen molar-refractivity contribution in [1.29, 1.82) is 0 Å². The Labute approximate surface area is 184 Å². The Balaban J connectivity index is 1.38. The van der Waals surface area contributed by atoms with Gasteiger partial charge in [-0.15, -0.1) is 0 Å². The second kappa shape index (κ2) is 9.03. The van der Waals surface area contributed by atoms with Crippen LogP contribution in [-0.2, 0) is 11.3 Å². The van der Waals surface area contributed by atoms with Crippen molar-refractivity contribution in [3.05, 3.63) is 68.7 Å². The molecule has 2 N–H and O–H groups in total. The van der Waals surface area contributed by atoms with E-state index in [1.807, 2.05) is 12.1 Å². The van der Waals surface area contributed by atoms with Crippen LogP contribution in [0.1, 0.15) is 41.6 Å². The predicted octanol–water partition coefficient (Wildman–Crippen LogP) is 3.74. The van der Waals surface area contributed by atoms with Gasteiger partial charge in [-0.3, -0.25) is 24.6 Å². The Morgan fingerprint density at radius 2 is 1.81 bits per heavy atom. The number of nitrogens with zero attached hydrogens (tertiary/aromatic N) is 2. The zero-order valence-corrected chi connectivity index (χ0v) is 17.6. The van der Waals surface area contributed by atoms with Crippen molar-refractivity contribution in [3.8, 4) is 0 Å². The van der Waals surface area contributed by atoms with Crippen molar-refractivity contribution in [2.75, 3.05) is 11.9 Å². The topological polar surface area (TPSA) is 105 Å². The summed E-state index contributed by atoms with van der Waals surface area (Å²) in [6.45, 7) is 0.680. The summed E-state index contributed by atoms with van der Waals surface area (Å²) in [6.07, 6.45) is 4.11. The summed E-state index contributed by atoms with van der Waals surface area (Å²) in [5.74, 6) is -0.380. The molecule has 0 bridgehead atoms. The minimum Gasteiger partial charge on any atom is -0.349 e. The quantitative estimate of drug-likeness (QED) is 0.454. The maximum Gasteiger partial charge on any atom is 0.294 e. The molecule has 0 spiro atoms. The van der Waals surface area contributed by atoms with E-state index in [0.29, 0.717) is 24.2 Å². The lowest BCUT2D eigenvalue weighted by molar-refractivity contribution is -0.383. The highest BCUT2D eigenvalue weighted by atomic mass is 35.5. The van der Waals surface area contributed by atoms with Crippen LogP contribution < -0.4 is 10.6 Å². The molecule has 0 atom stereocenters. The molecule has 2 aromatic carbocycles. The molecule has 8 nitrogen and oxygen atoms in total. The second-order valence-electron chi connectivity index (χ2n) is 8.05. The van der Waals surface area contributed by atoms with Crippen LogP contribution in [0.3, 0.4) is 0 Å². The Bertz CT molecular complexity index is 1000. The molecule has 0 saturated heterocycles. The molecular weight excluding hydrogens is 420 g/mol. The number of carbonyl (C=O) groups excluding carboxylic acids is 2. The maximum absolute atomic E-state index is 12.6. The summed E-state index contributed by atoms with van der Waals surface area (Å²) in [7, 11) is 0. The summed E-state index contributed by atoms with van der Waals surface area (Å²) in [5.41, 5.74) is 1.52. The summed E-state index contributed by atoms with van der Waals surface area (Å²) in [4.78, 5) is 37.4. The van der Waals surface area contributed by atoms with E-state index >= 15 is 0 Å². The van der Waals surface area contributed by atoms with Crippen molar-refractivity contribution in [1.82, 2.24) is 10.2 Å². The van der Waals surface area contributed by atoms with E-state index in [1.165, 1.54) is 18.2 Å². The largest absolute Gasteiger partial charge is 0.349 e. The van der Waals surface area contributed by atoms with E-state index in [1.54, 1.807) is 12.1 Å². The molecule has 0 aliphatic heterocycles. The van der Waals surface area contributed by atoms with Gasteiger partial charge >= 0.3 is 0 Å². The van der Waals surface area contributed by atoms with E-state index in [4.69, 9.17) is 11.6 Å². The highest BCUT2D eigenvalue weighted by Crippen LogP contribution is 2.30. The van der Waals surface area contributed by atoms with Crippen molar-refractivity contribution in [2.24, 2.45) is 0 Å². The van der Waals surface area contributed by atoms with Crippen molar-refractivity contribution in [2.45, 2.75) is 44.3 Å². The Kier molecular flexibility index (Phi) is 6.20. The summed E-state index contributed by atoms with van der Waals surface area (Å²) >= 11 is 5.83. The van der Waals surface area contributed by atoms with Gasteiger partial charge in [-0.2, -0.15) is 0 Å². The molecular formula is C22H23ClN4O4. The number of hydrogen-bond donors (Lipinski definition) is 2. The number of benzene rings is 2. The first-order valence-electron chi connectivity index (χ1n) is 10.3. The van der Waals surface area contributed by atoms with Crippen LogP contribution in [-0.4, -0.2) is 40.3 Å². The molecule has 0 unspecified atom stereocenters. The molecule has 2 aliphatic rings. The molecule has 4 rings (SSSR count). The smallest absolute Gasteiger partial charge is 0.294 e. The number of nitro benzene ring substituents is 1. The maximum atomic E-state index is 12.6. The van der Waals surface area contributed by atoms with Crippen molar-refractivity contribution >= 4 is 34.8 Å². The van der Waals surface area contributed by atoms with Crippen molar-refractivity contribution in [3.63, 3.8) is 0 Å². The number of nitrogens with one attached hydrogen (secondary N) is 2. The lowest BCUT2D eigenvalue weighted by Crippen LogP contribution is -2.34. The van der Waals surface area contributed by atoms with Crippen LogP contribution >= 0.6 is 11.6 Å². The van der Waals surface area contributed by atoms with Gasteiger partial charge in [0.25, 0.3) is 11.6 Å². The standard InChI is InChI=1S/C22H23ClN4O4/c23-16-5-10-19(20(11-16)27(30)31)25-21(28)13-26(18-8-9-18)12-14-1-3-15(4-2-14)22(29)24-17-6-7-17/h1-5,10-11,17-18H,6-9,12-13H2,(H,24,29)(H,25,28). The Morgan fingerprint density at radius 1 is 1.10 bits per heavy atom. The van der Waals surface area contributed by atoms with Crippen LogP contribution in [0.2, 0.25) is 5.02 Å². The zero-order chi connectivity index (χ0) is 22.0. The fourth-order valence-electron chi connectivity index (χ4n) is 3.38. The highest BCUT2D eigenvalue weighted by Gasteiger charge is 2.31. The normalized spacial score (nSPS) is 15.5. The molecule has 0 radical (unpaired) electrons. The highest BCUT2D eigenvalue weighted by molar-refractivity contribution is 6.31. The van der Waals surface area contributed by atoms with Gasteiger partial charge in [0.1, 0.15) is 5.69 Å². The molecule has 2 aromatic rings. The van der Waals surface area contributed by atoms with E-state index in [9.17, 15) is 19.7 Å². The van der Waals surface area contributed by atoms with Gasteiger partial charge < -0.3 is 10.6 Å². The first-order valence-corrected chi connectivity index (χ1v) is 10.6. The predicted molar refractivity (Wildman–Crippen MR) is 117 cm³/mol. The third-order valence-corrected chi connectivity index (χ3v) is 5.59. The fourth-order valence-corrected chi connectivity index (χ4v) is 3.55. The van der Waals surface area contributed by atoms with Gasteiger partial charge in [0, 0.05) is 35.3 Å². The number of nitro groups is 1. The van der Waals surface area contributed by atoms with E-state index < -0.39 is 4.92 Å². The average molecular weight is 443 g/mol. The fraction of sp³-hybridized carbons (Fsp3) is 0.364. The number of anilines is 1. The minimum absolute atomic E-state index is 0.0583. The first-order chi connectivity index (χ1) is 14.9. The number of halogens is 1. The van der Waals surface area contributed by atoms with Crippen LogP contribution in [0, 0.1) is 10.1 Å². The van der Waals surface area contributed by atoms with Gasteiger partial charge in [0.2, 0.25) is 5.91 Å². The molecule has 0 heterocycles. The molecule has 2 saturated carbocycles. The van der Waals surface area contributed by atoms with Crippen LogP contribution in [0.15, 0.2) is 42.5 Å². The van der Waals surface area contributed by atoms with Gasteiger partial charge in [-0.1, -0.05) is 23.7 Å². The first kappa shape index (κ1) is 21.3. The minimum atomic E-state index is -0.568. The van der Waals surface area contributed by atoms with Gasteiger partial charge in [-0.25, -0.2) is 0 Å². The van der Waals surface area contributed by atoms with E-state index in [0.717, 1.165) is 31.2 Å². The van der Waals surface area contributed by atoms with Gasteiger partial charge in [-0.05, 0) is 55.5 Å². The van der Waals surface area contributed by atoms with Crippen LogP contribution in [0.5, 0.6) is 0 Å². The average Bonchev–Trinajstić information content (AvgIpc) is 3.63. The zero-order valence-electron chi connectivity index (χ0n) is 16.8. The summed E-state index contributed by atoms with van der Waals surface area (Å²) in [6, 6.07) is 12.2. The third kappa shape index (κ3) is 5.80. The molecule has 2 amide bonds.